The van der Waals surface area contributed by atoms with E-state index in [4.69, 9.17) is 0 Å². The molecule has 0 aliphatic heterocycles. The standard InChI is InChI=1S/C23H22F4/c1-2-3-5-16-8-10-17(11-9-16)12-13-18-6-4-7-20-19(18)14-15-21(22(20)24)23(25,26)27/h2,4,6-7,14-17H,1,3,5,8-11H2. The summed E-state index contributed by atoms with van der Waals surface area (Å²) in [7, 11) is 0. The number of rotatable bonds is 3. The van der Waals surface area contributed by atoms with Gasteiger partial charge in [0.2, 0.25) is 0 Å². The van der Waals surface area contributed by atoms with Gasteiger partial charge in [-0.15, -0.1) is 6.58 Å². The summed E-state index contributed by atoms with van der Waals surface area (Å²) < 4.78 is 53.0. The van der Waals surface area contributed by atoms with Crippen molar-refractivity contribution in [2.24, 2.45) is 11.8 Å². The van der Waals surface area contributed by atoms with E-state index in [0.29, 0.717) is 16.9 Å². The van der Waals surface area contributed by atoms with Gasteiger partial charge in [-0.1, -0.05) is 36.1 Å². The van der Waals surface area contributed by atoms with Gasteiger partial charge in [0.15, 0.2) is 0 Å². The van der Waals surface area contributed by atoms with Gasteiger partial charge in [0.25, 0.3) is 0 Å². The molecule has 1 saturated carbocycles. The molecule has 0 N–H and O–H groups in total. The first kappa shape index (κ1) is 19.5. The smallest absolute Gasteiger partial charge is 0.206 e. The van der Waals surface area contributed by atoms with E-state index in [-0.39, 0.29) is 5.39 Å². The summed E-state index contributed by atoms with van der Waals surface area (Å²) in [5.41, 5.74) is -0.660. The largest absolute Gasteiger partial charge is 0.419 e. The monoisotopic (exact) mass is 374 g/mol. The molecule has 1 aliphatic rings. The lowest BCUT2D eigenvalue weighted by atomic mass is 9.80. The molecule has 0 aromatic heterocycles. The number of alkyl halides is 3. The quantitative estimate of drug-likeness (QED) is 0.305. The van der Waals surface area contributed by atoms with Crippen LogP contribution in [0.15, 0.2) is 43.0 Å². The van der Waals surface area contributed by atoms with Crippen LogP contribution >= 0.6 is 0 Å². The van der Waals surface area contributed by atoms with Crippen LogP contribution in [0.4, 0.5) is 17.6 Å². The molecular formula is C23H22F4. The Labute approximate surface area is 157 Å². The molecular weight excluding hydrogens is 352 g/mol. The molecule has 4 heteroatoms. The second-order valence-electron chi connectivity index (χ2n) is 7.18. The topological polar surface area (TPSA) is 0 Å². The van der Waals surface area contributed by atoms with E-state index in [1.54, 1.807) is 12.1 Å². The van der Waals surface area contributed by atoms with Gasteiger partial charge >= 0.3 is 6.18 Å². The van der Waals surface area contributed by atoms with Gasteiger partial charge in [-0.05, 0) is 56.6 Å². The molecule has 0 nitrogen and oxygen atoms in total. The Morgan fingerprint density at radius 3 is 2.44 bits per heavy atom. The predicted molar refractivity (Wildman–Crippen MR) is 101 cm³/mol. The Balaban J connectivity index is 1.80. The third-order valence-corrected chi connectivity index (χ3v) is 5.34. The summed E-state index contributed by atoms with van der Waals surface area (Å²) in [6, 6.07) is 6.78. The molecule has 1 aliphatic carbocycles. The fourth-order valence-corrected chi connectivity index (χ4v) is 3.78. The highest BCUT2D eigenvalue weighted by Gasteiger charge is 2.34. The van der Waals surface area contributed by atoms with Gasteiger partial charge < -0.3 is 0 Å². The zero-order valence-corrected chi connectivity index (χ0v) is 15.1. The third-order valence-electron chi connectivity index (χ3n) is 5.34. The van der Waals surface area contributed by atoms with Crippen molar-refractivity contribution in [1.29, 1.82) is 0 Å². The van der Waals surface area contributed by atoms with Crippen LogP contribution in [0.25, 0.3) is 10.8 Å². The Bertz CT molecular complexity index is 875. The molecule has 0 amide bonds. The normalized spacial score (nSPS) is 20.1. The summed E-state index contributed by atoms with van der Waals surface area (Å²) in [5.74, 6) is 6.13. The lowest BCUT2D eigenvalue weighted by Gasteiger charge is -2.25. The number of hydrogen-bond acceptors (Lipinski definition) is 0. The first-order valence-corrected chi connectivity index (χ1v) is 9.31. The Morgan fingerprint density at radius 1 is 1.04 bits per heavy atom. The summed E-state index contributed by atoms with van der Waals surface area (Å²) in [6.07, 6.45) is 3.83. The first-order chi connectivity index (χ1) is 12.9. The van der Waals surface area contributed by atoms with Gasteiger partial charge in [-0.25, -0.2) is 4.39 Å². The average molecular weight is 374 g/mol. The maximum Gasteiger partial charge on any atom is 0.419 e. The minimum atomic E-state index is -4.70. The van der Waals surface area contributed by atoms with Crippen molar-refractivity contribution in [1.82, 2.24) is 0 Å². The van der Waals surface area contributed by atoms with Crippen LogP contribution in [0.5, 0.6) is 0 Å². The second-order valence-corrected chi connectivity index (χ2v) is 7.18. The van der Waals surface area contributed by atoms with Gasteiger partial charge in [0, 0.05) is 22.3 Å². The summed E-state index contributed by atoms with van der Waals surface area (Å²) in [5, 5.41) is 0.389. The fraction of sp³-hybridized carbons (Fsp3) is 0.391. The van der Waals surface area contributed by atoms with E-state index in [1.807, 2.05) is 6.08 Å². The molecule has 3 rings (SSSR count). The number of hydrogen-bond donors (Lipinski definition) is 0. The third kappa shape index (κ3) is 4.53. The maximum absolute atomic E-state index is 14.3. The van der Waals surface area contributed by atoms with Crippen LogP contribution in [0.2, 0.25) is 0 Å². The van der Waals surface area contributed by atoms with E-state index < -0.39 is 17.6 Å². The Kier molecular flexibility index (Phi) is 5.89. The van der Waals surface area contributed by atoms with Crippen molar-refractivity contribution in [3.05, 3.63) is 59.9 Å². The van der Waals surface area contributed by atoms with Crippen LogP contribution in [-0.2, 0) is 6.18 Å². The highest BCUT2D eigenvalue weighted by molar-refractivity contribution is 5.89. The van der Waals surface area contributed by atoms with E-state index >= 15 is 0 Å². The van der Waals surface area contributed by atoms with Crippen LogP contribution in [0, 0.1) is 29.5 Å². The molecule has 0 bridgehead atoms. The first-order valence-electron chi connectivity index (χ1n) is 9.31. The molecule has 142 valence electrons. The van der Waals surface area contributed by atoms with Crippen molar-refractivity contribution < 1.29 is 17.6 Å². The molecule has 0 unspecified atom stereocenters. The Morgan fingerprint density at radius 2 is 1.78 bits per heavy atom. The highest BCUT2D eigenvalue weighted by Crippen LogP contribution is 2.35. The predicted octanol–water partition coefficient (Wildman–Crippen LogP) is 7.12. The Hall–Kier alpha value is -2.28. The van der Waals surface area contributed by atoms with Crippen LogP contribution < -0.4 is 0 Å². The molecule has 1 fully saturated rings. The SMILES string of the molecule is C=CCCC1CCC(C#Cc2cccc3c(F)c(C(F)(F)F)ccc23)CC1. The lowest BCUT2D eigenvalue weighted by molar-refractivity contribution is -0.139. The van der Waals surface area contributed by atoms with Crippen LogP contribution in [0.3, 0.4) is 0 Å². The molecule has 0 atom stereocenters. The van der Waals surface area contributed by atoms with E-state index in [9.17, 15) is 17.6 Å². The van der Waals surface area contributed by atoms with Gasteiger partial charge in [-0.2, -0.15) is 13.2 Å². The molecule has 27 heavy (non-hydrogen) atoms. The molecule has 0 heterocycles. The molecule has 0 radical (unpaired) electrons. The van der Waals surface area contributed by atoms with Crippen molar-refractivity contribution in [2.45, 2.75) is 44.7 Å². The summed E-state index contributed by atoms with van der Waals surface area (Å²) in [6.45, 7) is 3.76. The van der Waals surface area contributed by atoms with Crippen molar-refractivity contribution in [3.8, 4) is 11.8 Å². The van der Waals surface area contributed by atoms with Crippen molar-refractivity contribution >= 4 is 10.8 Å². The summed E-state index contributed by atoms with van der Waals surface area (Å²) >= 11 is 0. The number of halogens is 4. The number of fused-ring (bicyclic) bond motifs is 1. The van der Waals surface area contributed by atoms with E-state index in [0.717, 1.165) is 44.1 Å². The van der Waals surface area contributed by atoms with Crippen LogP contribution in [-0.4, -0.2) is 0 Å². The molecule has 0 saturated heterocycles. The average Bonchev–Trinajstić information content (AvgIpc) is 2.65. The minimum absolute atomic E-state index is 0.0373. The van der Waals surface area contributed by atoms with Crippen molar-refractivity contribution in [3.63, 3.8) is 0 Å². The molecule has 2 aromatic rings. The van der Waals surface area contributed by atoms with Crippen molar-refractivity contribution in [2.75, 3.05) is 0 Å². The summed E-state index contributed by atoms with van der Waals surface area (Å²) in [4.78, 5) is 0. The number of allylic oxidation sites excluding steroid dienone is 1. The fourth-order valence-electron chi connectivity index (χ4n) is 3.78. The zero-order chi connectivity index (χ0) is 19.4. The molecule has 0 spiro atoms. The minimum Gasteiger partial charge on any atom is -0.206 e. The second kappa shape index (κ2) is 8.17. The van der Waals surface area contributed by atoms with Gasteiger partial charge in [0.05, 0.1) is 5.56 Å². The zero-order valence-electron chi connectivity index (χ0n) is 15.1. The van der Waals surface area contributed by atoms with E-state index in [2.05, 4.69) is 18.4 Å². The van der Waals surface area contributed by atoms with Crippen LogP contribution in [0.1, 0.15) is 49.7 Å². The highest BCUT2D eigenvalue weighted by atomic mass is 19.4. The van der Waals surface area contributed by atoms with E-state index in [1.165, 1.54) is 18.6 Å². The lowest BCUT2D eigenvalue weighted by Crippen LogP contribution is -2.13. The maximum atomic E-state index is 14.3. The van der Waals surface area contributed by atoms with Gasteiger partial charge in [0.1, 0.15) is 5.82 Å². The number of benzene rings is 2. The van der Waals surface area contributed by atoms with Gasteiger partial charge in [-0.3, -0.25) is 0 Å². The molecule has 2 aromatic carbocycles.